The van der Waals surface area contributed by atoms with Crippen molar-refractivity contribution in [1.82, 2.24) is 16.0 Å². The highest BCUT2D eigenvalue weighted by Crippen LogP contribution is 2.02. The summed E-state index contributed by atoms with van der Waals surface area (Å²) in [5.74, 6) is -0.803. The molecule has 0 bridgehead atoms. The van der Waals surface area contributed by atoms with Gasteiger partial charge in [-0.1, -0.05) is 6.92 Å². The molecule has 1 rings (SSSR count). The molecule has 0 spiro atoms. The van der Waals surface area contributed by atoms with E-state index < -0.39 is 0 Å². The summed E-state index contributed by atoms with van der Waals surface area (Å²) in [6.07, 6.45) is 1.28. The quantitative estimate of drug-likeness (QED) is 0.600. The zero-order valence-corrected chi connectivity index (χ0v) is 13.5. The summed E-state index contributed by atoms with van der Waals surface area (Å²) in [6.45, 7) is 4.58. The van der Waals surface area contributed by atoms with Gasteiger partial charge in [-0.25, -0.2) is 4.39 Å². The maximum atomic E-state index is 12.7. The van der Waals surface area contributed by atoms with Crippen molar-refractivity contribution in [1.29, 1.82) is 0 Å². The maximum absolute atomic E-state index is 12.7. The highest BCUT2D eigenvalue weighted by atomic mass is 35.5. The van der Waals surface area contributed by atoms with Crippen LogP contribution in [-0.2, 0) is 4.79 Å². The lowest BCUT2D eigenvalue weighted by atomic mass is 10.2. The van der Waals surface area contributed by atoms with Crippen LogP contribution in [0.1, 0.15) is 30.1 Å². The van der Waals surface area contributed by atoms with Gasteiger partial charge in [-0.3, -0.25) is 9.59 Å². The van der Waals surface area contributed by atoms with Gasteiger partial charge in [0.05, 0.1) is 0 Å². The highest BCUT2D eigenvalue weighted by molar-refractivity contribution is 5.94. The van der Waals surface area contributed by atoms with Gasteiger partial charge in [0, 0.05) is 31.6 Å². The fourth-order valence-corrected chi connectivity index (χ4v) is 1.67. The van der Waals surface area contributed by atoms with Crippen molar-refractivity contribution >= 4 is 24.2 Å². The van der Waals surface area contributed by atoms with Crippen LogP contribution in [0.2, 0.25) is 0 Å². The van der Waals surface area contributed by atoms with E-state index in [0.717, 1.165) is 19.5 Å². The van der Waals surface area contributed by atoms with Crippen molar-refractivity contribution in [3.63, 3.8) is 0 Å². The summed E-state index contributed by atoms with van der Waals surface area (Å²) in [5.41, 5.74) is 0.376. The normalized spacial score (nSPS) is 9.73. The molecule has 22 heavy (non-hydrogen) atoms. The standard InChI is InChI=1S/C15H22FN3O2.ClH/c1-2-8-17-10-11-18-14(20)7-9-19-15(21)12-3-5-13(16)6-4-12;/h3-6,17H,2,7-11H2,1H3,(H,18,20)(H,19,21);1H. The van der Waals surface area contributed by atoms with Crippen LogP contribution in [-0.4, -0.2) is 38.0 Å². The molecule has 3 N–H and O–H groups in total. The van der Waals surface area contributed by atoms with Crippen LogP contribution in [0.4, 0.5) is 4.39 Å². The van der Waals surface area contributed by atoms with Crippen LogP contribution in [0, 0.1) is 5.82 Å². The Labute approximate surface area is 136 Å². The molecule has 2 amide bonds. The van der Waals surface area contributed by atoms with Crippen LogP contribution in [0.3, 0.4) is 0 Å². The molecule has 0 radical (unpaired) electrons. The summed E-state index contributed by atoms with van der Waals surface area (Å²) < 4.78 is 12.7. The Bertz CT molecular complexity index is 455. The van der Waals surface area contributed by atoms with Gasteiger partial charge in [-0.05, 0) is 37.2 Å². The minimum absolute atomic E-state index is 0. The molecular formula is C15H23ClFN3O2. The molecule has 0 unspecified atom stereocenters. The minimum atomic E-state index is -0.386. The summed E-state index contributed by atoms with van der Waals surface area (Å²) >= 11 is 0. The number of benzene rings is 1. The zero-order chi connectivity index (χ0) is 15.5. The molecule has 0 aliphatic carbocycles. The van der Waals surface area contributed by atoms with E-state index in [1.807, 2.05) is 0 Å². The van der Waals surface area contributed by atoms with E-state index >= 15 is 0 Å². The number of nitrogens with one attached hydrogen (secondary N) is 3. The molecular weight excluding hydrogens is 309 g/mol. The van der Waals surface area contributed by atoms with Crippen molar-refractivity contribution < 1.29 is 14.0 Å². The maximum Gasteiger partial charge on any atom is 0.251 e. The Morgan fingerprint density at radius 3 is 2.32 bits per heavy atom. The first kappa shape index (κ1) is 20.3. The average molecular weight is 332 g/mol. The Morgan fingerprint density at radius 2 is 1.68 bits per heavy atom. The minimum Gasteiger partial charge on any atom is -0.355 e. The van der Waals surface area contributed by atoms with Gasteiger partial charge in [0.2, 0.25) is 5.91 Å². The van der Waals surface area contributed by atoms with Crippen molar-refractivity contribution in [3.8, 4) is 0 Å². The summed E-state index contributed by atoms with van der Waals surface area (Å²) in [5, 5.41) is 8.56. The van der Waals surface area contributed by atoms with Crippen LogP contribution < -0.4 is 16.0 Å². The zero-order valence-electron chi connectivity index (χ0n) is 12.7. The Hall–Kier alpha value is -1.66. The molecule has 0 atom stereocenters. The van der Waals surface area contributed by atoms with Gasteiger partial charge in [0.15, 0.2) is 0 Å². The Kier molecular flexibility index (Phi) is 11.0. The molecule has 0 saturated heterocycles. The third kappa shape index (κ3) is 8.59. The fourth-order valence-electron chi connectivity index (χ4n) is 1.67. The second-order valence-electron chi connectivity index (χ2n) is 4.61. The van der Waals surface area contributed by atoms with Gasteiger partial charge in [-0.15, -0.1) is 12.4 Å². The Morgan fingerprint density at radius 1 is 1.00 bits per heavy atom. The molecule has 0 aromatic heterocycles. The summed E-state index contributed by atoms with van der Waals surface area (Å²) in [7, 11) is 0. The van der Waals surface area contributed by atoms with E-state index in [1.165, 1.54) is 24.3 Å². The van der Waals surface area contributed by atoms with Gasteiger partial charge >= 0.3 is 0 Å². The van der Waals surface area contributed by atoms with Gasteiger partial charge < -0.3 is 16.0 Å². The molecule has 1 aromatic rings. The average Bonchev–Trinajstić information content (AvgIpc) is 2.47. The fraction of sp³-hybridized carbons (Fsp3) is 0.467. The smallest absolute Gasteiger partial charge is 0.251 e. The first-order chi connectivity index (χ1) is 10.1. The molecule has 1 aromatic carbocycles. The van der Waals surface area contributed by atoms with Crippen molar-refractivity contribution in [2.24, 2.45) is 0 Å². The number of hydrogen-bond donors (Lipinski definition) is 3. The van der Waals surface area contributed by atoms with E-state index in [1.54, 1.807) is 0 Å². The van der Waals surface area contributed by atoms with E-state index in [0.29, 0.717) is 12.1 Å². The number of halogens is 2. The van der Waals surface area contributed by atoms with Gasteiger partial charge in [-0.2, -0.15) is 0 Å². The number of carbonyl (C=O) groups excluding carboxylic acids is 2. The van der Waals surface area contributed by atoms with E-state index in [2.05, 4.69) is 22.9 Å². The van der Waals surface area contributed by atoms with E-state index in [4.69, 9.17) is 0 Å². The molecule has 0 aliphatic heterocycles. The van der Waals surface area contributed by atoms with Crippen LogP contribution in [0.25, 0.3) is 0 Å². The highest BCUT2D eigenvalue weighted by Gasteiger charge is 2.06. The topological polar surface area (TPSA) is 70.2 Å². The third-order valence-electron chi connectivity index (χ3n) is 2.79. The molecule has 7 heteroatoms. The SMILES string of the molecule is CCCNCCNC(=O)CCNC(=O)c1ccc(F)cc1.Cl. The van der Waals surface area contributed by atoms with Crippen LogP contribution >= 0.6 is 12.4 Å². The second-order valence-corrected chi connectivity index (χ2v) is 4.61. The predicted molar refractivity (Wildman–Crippen MR) is 86.8 cm³/mol. The summed E-state index contributed by atoms with van der Waals surface area (Å²) in [4.78, 5) is 23.2. The van der Waals surface area contributed by atoms with Crippen molar-refractivity contribution in [2.75, 3.05) is 26.2 Å². The van der Waals surface area contributed by atoms with Crippen LogP contribution in [0.15, 0.2) is 24.3 Å². The molecule has 124 valence electrons. The molecule has 0 heterocycles. The first-order valence-corrected chi connectivity index (χ1v) is 7.14. The predicted octanol–water partition coefficient (Wildman–Crippen LogP) is 1.48. The molecule has 5 nitrogen and oxygen atoms in total. The number of hydrogen-bond acceptors (Lipinski definition) is 3. The van der Waals surface area contributed by atoms with Crippen LogP contribution in [0.5, 0.6) is 0 Å². The lowest BCUT2D eigenvalue weighted by Gasteiger charge is -2.07. The van der Waals surface area contributed by atoms with Gasteiger partial charge in [0.25, 0.3) is 5.91 Å². The first-order valence-electron chi connectivity index (χ1n) is 7.14. The van der Waals surface area contributed by atoms with Crippen molar-refractivity contribution in [3.05, 3.63) is 35.6 Å². The van der Waals surface area contributed by atoms with E-state index in [9.17, 15) is 14.0 Å². The lowest BCUT2D eigenvalue weighted by molar-refractivity contribution is -0.120. The molecule has 0 fully saturated rings. The number of rotatable bonds is 9. The van der Waals surface area contributed by atoms with Crippen molar-refractivity contribution in [2.45, 2.75) is 19.8 Å². The number of carbonyl (C=O) groups is 2. The third-order valence-corrected chi connectivity index (χ3v) is 2.79. The van der Waals surface area contributed by atoms with E-state index in [-0.39, 0.29) is 43.0 Å². The summed E-state index contributed by atoms with van der Waals surface area (Å²) in [6, 6.07) is 5.27. The lowest BCUT2D eigenvalue weighted by Crippen LogP contribution is -2.34. The molecule has 0 saturated carbocycles. The van der Waals surface area contributed by atoms with Gasteiger partial charge in [0.1, 0.15) is 5.82 Å². The Balaban J connectivity index is 0.00000441. The largest absolute Gasteiger partial charge is 0.355 e. The second kappa shape index (κ2) is 11.9. The molecule has 0 aliphatic rings. The monoisotopic (exact) mass is 331 g/mol. The number of amides is 2.